The van der Waals surface area contributed by atoms with Crippen molar-refractivity contribution < 1.29 is 9.59 Å². The molecule has 1 heterocycles. The molecular weight excluding hydrogens is 314 g/mol. The Labute approximate surface area is 151 Å². The molecule has 0 radical (unpaired) electrons. The zero-order chi connectivity index (χ0) is 18.6. The smallest absolute Gasteiger partial charge is 0.251 e. The van der Waals surface area contributed by atoms with E-state index in [2.05, 4.69) is 31.1 Å². The number of nitrogens with zero attached hydrogens (tertiary/aromatic N) is 2. The van der Waals surface area contributed by atoms with E-state index in [0.29, 0.717) is 11.5 Å². The standard InChI is InChI=1S/C20H31N3O2/c1-14(2)16-6-8-17(9-7-16)19(24)21-18(15(3)4)20(25)23-12-10-22(5)11-13-23/h6-9,14-15,18H,10-13H2,1-5H3,(H,21,24). The van der Waals surface area contributed by atoms with E-state index in [1.807, 2.05) is 43.0 Å². The Hall–Kier alpha value is -1.88. The van der Waals surface area contributed by atoms with Crippen molar-refractivity contribution in [1.82, 2.24) is 15.1 Å². The largest absolute Gasteiger partial charge is 0.340 e. The van der Waals surface area contributed by atoms with E-state index in [-0.39, 0.29) is 17.7 Å². The lowest BCUT2D eigenvalue weighted by atomic mass is 10.00. The molecule has 1 aromatic carbocycles. The molecular formula is C20H31N3O2. The highest BCUT2D eigenvalue weighted by molar-refractivity contribution is 5.97. The van der Waals surface area contributed by atoms with Gasteiger partial charge in [-0.25, -0.2) is 0 Å². The predicted molar refractivity (Wildman–Crippen MR) is 101 cm³/mol. The van der Waals surface area contributed by atoms with E-state index in [0.717, 1.165) is 26.2 Å². The molecule has 2 amide bonds. The van der Waals surface area contributed by atoms with Crippen LogP contribution in [0.25, 0.3) is 0 Å². The zero-order valence-corrected chi connectivity index (χ0v) is 16.1. The maximum Gasteiger partial charge on any atom is 0.251 e. The van der Waals surface area contributed by atoms with Crippen LogP contribution in [0.15, 0.2) is 24.3 Å². The van der Waals surface area contributed by atoms with Gasteiger partial charge in [0.2, 0.25) is 5.91 Å². The summed E-state index contributed by atoms with van der Waals surface area (Å²) in [5.74, 6) is 0.317. The number of hydrogen-bond donors (Lipinski definition) is 1. The SMILES string of the molecule is CC(C)c1ccc(C(=O)NC(C(=O)N2CCN(C)CC2)C(C)C)cc1. The molecule has 1 unspecified atom stereocenters. The van der Waals surface area contributed by atoms with Gasteiger partial charge >= 0.3 is 0 Å². The number of amides is 2. The van der Waals surface area contributed by atoms with Gasteiger partial charge in [-0.3, -0.25) is 9.59 Å². The molecule has 1 N–H and O–H groups in total. The monoisotopic (exact) mass is 345 g/mol. The Morgan fingerprint density at radius 1 is 0.960 bits per heavy atom. The van der Waals surface area contributed by atoms with E-state index in [1.54, 1.807) is 0 Å². The van der Waals surface area contributed by atoms with Crippen molar-refractivity contribution in [3.63, 3.8) is 0 Å². The first-order chi connectivity index (χ1) is 11.8. The van der Waals surface area contributed by atoms with Gasteiger partial charge in [-0.2, -0.15) is 0 Å². The third-order valence-corrected chi connectivity index (χ3v) is 4.87. The van der Waals surface area contributed by atoms with Crippen molar-refractivity contribution in [2.24, 2.45) is 5.92 Å². The molecule has 0 spiro atoms. The molecule has 5 nitrogen and oxygen atoms in total. The average Bonchev–Trinajstić information content (AvgIpc) is 2.59. The number of nitrogens with one attached hydrogen (secondary N) is 1. The van der Waals surface area contributed by atoms with Crippen molar-refractivity contribution >= 4 is 11.8 Å². The minimum absolute atomic E-state index is 0.0234. The van der Waals surface area contributed by atoms with Crippen LogP contribution in [0.3, 0.4) is 0 Å². The fourth-order valence-electron chi connectivity index (χ4n) is 2.98. The Kier molecular flexibility index (Phi) is 6.59. The van der Waals surface area contributed by atoms with E-state index >= 15 is 0 Å². The number of rotatable bonds is 5. The van der Waals surface area contributed by atoms with Crippen molar-refractivity contribution in [3.8, 4) is 0 Å². The van der Waals surface area contributed by atoms with Gasteiger partial charge in [-0.1, -0.05) is 39.8 Å². The second kappa shape index (κ2) is 8.48. The van der Waals surface area contributed by atoms with Gasteiger partial charge in [-0.05, 0) is 36.6 Å². The highest BCUT2D eigenvalue weighted by Gasteiger charge is 2.30. The summed E-state index contributed by atoms with van der Waals surface area (Å²) >= 11 is 0. The highest BCUT2D eigenvalue weighted by atomic mass is 16.2. The molecule has 5 heteroatoms. The fourth-order valence-corrected chi connectivity index (χ4v) is 2.98. The second-order valence-electron chi connectivity index (χ2n) is 7.60. The van der Waals surface area contributed by atoms with Gasteiger partial charge in [0.25, 0.3) is 5.91 Å². The van der Waals surface area contributed by atoms with Crippen LogP contribution in [-0.4, -0.2) is 60.9 Å². The lowest BCUT2D eigenvalue weighted by Gasteiger charge is -2.35. The zero-order valence-electron chi connectivity index (χ0n) is 16.1. The summed E-state index contributed by atoms with van der Waals surface area (Å²) in [5.41, 5.74) is 1.80. The van der Waals surface area contributed by atoms with Gasteiger partial charge in [0.1, 0.15) is 6.04 Å². The molecule has 25 heavy (non-hydrogen) atoms. The molecule has 1 aliphatic rings. The van der Waals surface area contributed by atoms with Crippen LogP contribution in [0, 0.1) is 5.92 Å². The third-order valence-electron chi connectivity index (χ3n) is 4.87. The highest BCUT2D eigenvalue weighted by Crippen LogP contribution is 2.15. The minimum atomic E-state index is -0.485. The number of carbonyl (C=O) groups excluding carboxylic acids is 2. The number of likely N-dealkylation sites (N-methyl/N-ethyl adjacent to an activating group) is 1. The second-order valence-corrected chi connectivity index (χ2v) is 7.60. The lowest BCUT2D eigenvalue weighted by Crippen LogP contribution is -2.55. The normalized spacial score (nSPS) is 17.0. The lowest BCUT2D eigenvalue weighted by molar-refractivity contribution is -0.135. The van der Waals surface area contributed by atoms with Crippen molar-refractivity contribution in [1.29, 1.82) is 0 Å². The summed E-state index contributed by atoms with van der Waals surface area (Å²) < 4.78 is 0. The van der Waals surface area contributed by atoms with Gasteiger partial charge in [0, 0.05) is 31.7 Å². The quantitative estimate of drug-likeness (QED) is 0.891. The number of piperazine rings is 1. The molecule has 1 fully saturated rings. The fraction of sp³-hybridized carbons (Fsp3) is 0.600. The van der Waals surface area contributed by atoms with E-state index in [9.17, 15) is 9.59 Å². The average molecular weight is 345 g/mol. The van der Waals surface area contributed by atoms with Gasteiger partial charge < -0.3 is 15.1 Å². The summed E-state index contributed by atoms with van der Waals surface area (Å²) in [4.78, 5) is 29.5. The van der Waals surface area contributed by atoms with Crippen LogP contribution in [0.5, 0.6) is 0 Å². The third kappa shape index (κ3) is 5.05. The van der Waals surface area contributed by atoms with Crippen molar-refractivity contribution in [2.75, 3.05) is 33.2 Å². The van der Waals surface area contributed by atoms with Gasteiger partial charge in [0.15, 0.2) is 0 Å². The maximum atomic E-state index is 12.8. The first kappa shape index (κ1) is 19.4. The Morgan fingerprint density at radius 3 is 2.00 bits per heavy atom. The number of hydrogen-bond acceptors (Lipinski definition) is 3. The Bertz CT molecular complexity index is 587. The van der Waals surface area contributed by atoms with E-state index in [4.69, 9.17) is 0 Å². The van der Waals surface area contributed by atoms with Crippen LogP contribution in [-0.2, 0) is 4.79 Å². The molecule has 0 aliphatic carbocycles. The van der Waals surface area contributed by atoms with Crippen molar-refractivity contribution in [3.05, 3.63) is 35.4 Å². The van der Waals surface area contributed by atoms with Gasteiger partial charge in [0.05, 0.1) is 0 Å². The number of benzene rings is 1. The van der Waals surface area contributed by atoms with Crippen molar-refractivity contribution in [2.45, 2.75) is 39.7 Å². The van der Waals surface area contributed by atoms with Crippen LogP contribution in [0.1, 0.15) is 49.5 Å². The first-order valence-corrected chi connectivity index (χ1v) is 9.17. The first-order valence-electron chi connectivity index (χ1n) is 9.17. The summed E-state index contributed by atoms with van der Waals surface area (Å²) in [6.45, 7) is 11.4. The van der Waals surface area contributed by atoms with Crippen LogP contribution < -0.4 is 5.32 Å². The molecule has 1 saturated heterocycles. The molecule has 2 rings (SSSR count). The topological polar surface area (TPSA) is 52.7 Å². The molecule has 1 aromatic rings. The van der Waals surface area contributed by atoms with E-state index in [1.165, 1.54) is 5.56 Å². The molecule has 0 saturated carbocycles. The summed E-state index contributed by atoms with van der Waals surface area (Å²) in [5, 5.41) is 2.95. The van der Waals surface area contributed by atoms with Crippen LogP contribution in [0.2, 0.25) is 0 Å². The molecule has 0 bridgehead atoms. The summed E-state index contributed by atoms with van der Waals surface area (Å²) in [7, 11) is 2.06. The Balaban J connectivity index is 2.05. The molecule has 1 aliphatic heterocycles. The number of carbonyl (C=O) groups is 2. The minimum Gasteiger partial charge on any atom is -0.340 e. The summed E-state index contributed by atoms with van der Waals surface area (Å²) in [6, 6.07) is 7.14. The van der Waals surface area contributed by atoms with Crippen LogP contribution >= 0.6 is 0 Å². The predicted octanol–water partition coefficient (Wildman–Crippen LogP) is 2.34. The summed E-state index contributed by atoms with van der Waals surface area (Å²) in [6.07, 6.45) is 0. The Morgan fingerprint density at radius 2 is 1.52 bits per heavy atom. The maximum absolute atomic E-state index is 12.8. The van der Waals surface area contributed by atoms with Crippen LogP contribution in [0.4, 0.5) is 0 Å². The molecule has 1 atom stereocenters. The molecule has 0 aromatic heterocycles. The molecule has 138 valence electrons. The van der Waals surface area contributed by atoms with E-state index < -0.39 is 6.04 Å². The van der Waals surface area contributed by atoms with Gasteiger partial charge in [-0.15, -0.1) is 0 Å².